The van der Waals surface area contributed by atoms with E-state index in [1.165, 1.54) is 44.8 Å². The molecule has 0 spiro atoms. The Morgan fingerprint density at radius 2 is 1.36 bits per heavy atom. The van der Waals surface area contributed by atoms with Crippen molar-refractivity contribution >= 4 is 30.6 Å². The molecule has 228 valence electrons. The second-order valence-corrected chi connectivity index (χ2v) is 10.4. The fourth-order valence-corrected chi connectivity index (χ4v) is 5.23. The van der Waals surface area contributed by atoms with Gasteiger partial charge in [0.05, 0.1) is 0 Å². The van der Waals surface area contributed by atoms with Crippen LogP contribution in [0.5, 0.6) is 0 Å². The standard InChI is InChI=1S/C34H44ClN2.BF3.FH/c1-7-36(8-2)32(28-18-14-26(5)15-19-28)24-22-30-12-11-13-31(34(30)35)23-25-33(37(9-3)10-4)29-20-16-27(6)17-21-29;2-1(3)4;/h14-25H,7-13H2,1-6H3;;1H/q+1;;/p-1. The number of benzene rings is 2. The number of aryl methyl sites for hydroxylation is 2. The van der Waals surface area contributed by atoms with E-state index >= 15 is 0 Å². The zero-order valence-corrected chi connectivity index (χ0v) is 26.5. The molecule has 0 saturated heterocycles. The van der Waals surface area contributed by atoms with E-state index in [1.54, 1.807) is 0 Å². The molecular weight excluding hydrogens is 559 g/mol. The van der Waals surface area contributed by atoms with E-state index < -0.39 is 7.54 Å². The maximum absolute atomic E-state index is 9.67. The zero-order valence-electron chi connectivity index (χ0n) is 25.7. The number of allylic oxidation sites excluding steroid dienone is 7. The van der Waals surface area contributed by atoms with Crippen molar-refractivity contribution in [3.63, 3.8) is 0 Å². The maximum atomic E-state index is 9.67. The lowest BCUT2D eigenvalue weighted by molar-refractivity contribution is -0.519. The number of hydrogen-bond donors (Lipinski definition) is 0. The normalized spacial score (nSPS) is 14.3. The van der Waals surface area contributed by atoms with Crippen LogP contribution in [0.15, 0.2) is 89.0 Å². The molecule has 0 radical (unpaired) electrons. The molecule has 0 aliphatic heterocycles. The van der Waals surface area contributed by atoms with Crippen LogP contribution in [0.3, 0.4) is 0 Å². The van der Waals surface area contributed by atoms with Crippen LogP contribution in [0, 0.1) is 13.8 Å². The highest BCUT2D eigenvalue weighted by Gasteiger charge is 2.17. The third-order valence-electron chi connectivity index (χ3n) is 7.24. The van der Waals surface area contributed by atoms with Crippen molar-refractivity contribution in [1.82, 2.24) is 4.90 Å². The van der Waals surface area contributed by atoms with Gasteiger partial charge < -0.3 is 9.60 Å². The lowest BCUT2D eigenvalue weighted by Gasteiger charge is -2.25. The van der Waals surface area contributed by atoms with Gasteiger partial charge in [0, 0.05) is 35.5 Å². The average Bonchev–Trinajstić information content (AvgIpc) is 2.95. The Morgan fingerprint density at radius 3 is 1.83 bits per heavy atom. The fourth-order valence-electron chi connectivity index (χ4n) is 4.91. The molecule has 1 aliphatic rings. The predicted octanol–water partition coefficient (Wildman–Crippen LogP) is 6.57. The van der Waals surface area contributed by atoms with Crippen LogP contribution < -0.4 is 4.70 Å². The molecule has 0 saturated carbocycles. The molecule has 0 heterocycles. The van der Waals surface area contributed by atoms with Crippen LogP contribution in [0.2, 0.25) is 0 Å². The van der Waals surface area contributed by atoms with E-state index in [1.807, 2.05) is 0 Å². The summed E-state index contributed by atoms with van der Waals surface area (Å²) in [6, 6.07) is 17.6. The van der Waals surface area contributed by atoms with E-state index in [-0.39, 0.29) is 4.70 Å². The van der Waals surface area contributed by atoms with E-state index in [9.17, 15) is 12.9 Å². The summed E-state index contributed by atoms with van der Waals surface area (Å²) >= 11 is 7.04. The molecular formula is C34H44BClF4N2. The van der Waals surface area contributed by atoms with E-state index in [0.717, 1.165) is 50.5 Å². The second kappa shape index (κ2) is 19.2. The van der Waals surface area contributed by atoms with Crippen molar-refractivity contribution in [1.29, 1.82) is 0 Å². The van der Waals surface area contributed by atoms with Gasteiger partial charge in [-0.2, -0.15) is 0 Å². The van der Waals surface area contributed by atoms with Crippen LogP contribution in [0.4, 0.5) is 12.9 Å². The molecule has 1 aliphatic carbocycles. The zero-order chi connectivity index (χ0) is 30.4. The van der Waals surface area contributed by atoms with Gasteiger partial charge in [-0.3, -0.25) is 12.9 Å². The molecule has 42 heavy (non-hydrogen) atoms. The first-order valence-electron chi connectivity index (χ1n) is 14.6. The van der Waals surface area contributed by atoms with Crippen molar-refractivity contribution in [2.75, 3.05) is 26.2 Å². The summed E-state index contributed by atoms with van der Waals surface area (Å²) in [6.07, 6.45) is 12.2. The first-order chi connectivity index (χ1) is 19.6. The Labute approximate surface area is 255 Å². The van der Waals surface area contributed by atoms with Gasteiger partial charge >= 0.3 is 7.54 Å². The van der Waals surface area contributed by atoms with Gasteiger partial charge in [0.1, 0.15) is 13.1 Å². The van der Waals surface area contributed by atoms with Gasteiger partial charge in [-0.1, -0.05) is 71.3 Å². The average molecular weight is 603 g/mol. The summed E-state index contributed by atoms with van der Waals surface area (Å²) in [7, 11) is -3.67. The molecule has 0 bridgehead atoms. The summed E-state index contributed by atoms with van der Waals surface area (Å²) < 4.78 is 31.4. The highest BCUT2D eigenvalue weighted by molar-refractivity contribution is 6.33. The number of nitrogens with zero attached hydrogens (tertiary/aromatic N) is 2. The molecule has 2 aromatic carbocycles. The van der Waals surface area contributed by atoms with Crippen molar-refractivity contribution in [3.8, 4) is 0 Å². The molecule has 0 unspecified atom stereocenters. The van der Waals surface area contributed by atoms with E-state index in [2.05, 4.69) is 124 Å². The Hall–Kier alpha value is -3.06. The fraction of sp³-hybridized carbons (Fsp3) is 0.382. The summed E-state index contributed by atoms with van der Waals surface area (Å²) in [6.45, 7) is 17.0. The quantitative estimate of drug-likeness (QED) is 0.129. The van der Waals surface area contributed by atoms with Crippen molar-refractivity contribution in [3.05, 3.63) is 111 Å². The van der Waals surface area contributed by atoms with Crippen LogP contribution >= 0.6 is 11.6 Å². The molecule has 0 fully saturated rings. The molecule has 2 nitrogen and oxygen atoms in total. The number of hydrogen-bond acceptors (Lipinski definition) is 1. The smallest absolute Gasteiger partial charge is 0.762 e. The topological polar surface area (TPSA) is 6.25 Å². The Bertz CT molecular complexity index is 1250. The van der Waals surface area contributed by atoms with Gasteiger partial charge in [0.15, 0.2) is 0 Å². The third-order valence-corrected chi connectivity index (χ3v) is 7.73. The van der Waals surface area contributed by atoms with Crippen molar-refractivity contribution < 1.29 is 22.2 Å². The Morgan fingerprint density at radius 1 is 0.857 bits per heavy atom. The van der Waals surface area contributed by atoms with Gasteiger partial charge in [-0.05, 0) is 95.7 Å². The molecule has 8 heteroatoms. The lowest BCUT2D eigenvalue weighted by Crippen LogP contribution is -3.00. The van der Waals surface area contributed by atoms with Gasteiger partial charge in [0.2, 0.25) is 5.71 Å². The lowest BCUT2D eigenvalue weighted by atomic mass is 9.93. The Balaban J connectivity index is 0.00000165. The summed E-state index contributed by atoms with van der Waals surface area (Å²) in [5.74, 6) is 0. The molecule has 2 aromatic rings. The largest absolute Gasteiger partial charge is 1.00 e. The first-order valence-corrected chi connectivity index (χ1v) is 14.9. The summed E-state index contributed by atoms with van der Waals surface area (Å²) in [4.78, 5) is 2.41. The number of rotatable bonds is 10. The third kappa shape index (κ3) is 11.3. The van der Waals surface area contributed by atoms with Crippen LogP contribution in [0.1, 0.15) is 69.2 Å². The highest BCUT2D eigenvalue weighted by atomic mass is 35.5. The molecule has 0 N–H and O–H groups in total. The van der Waals surface area contributed by atoms with Crippen LogP contribution in [0.25, 0.3) is 5.70 Å². The van der Waals surface area contributed by atoms with Gasteiger partial charge in [-0.25, -0.2) is 4.58 Å². The van der Waals surface area contributed by atoms with Gasteiger partial charge in [-0.15, -0.1) is 0 Å². The summed E-state index contributed by atoms with van der Waals surface area (Å²) in [5.41, 5.74) is 10.0. The maximum Gasteiger partial charge on any atom is 0.762 e. The van der Waals surface area contributed by atoms with Crippen molar-refractivity contribution in [2.24, 2.45) is 0 Å². The minimum absolute atomic E-state index is 0. The second-order valence-electron chi connectivity index (χ2n) is 9.98. The van der Waals surface area contributed by atoms with Gasteiger partial charge in [0.25, 0.3) is 0 Å². The van der Waals surface area contributed by atoms with E-state index in [0.29, 0.717) is 0 Å². The van der Waals surface area contributed by atoms with Crippen LogP contribution in [-0.2, 0) is 0 Å². The predicted molar refractivity (Wildman–Crippen MR) is 172 cm³/mol. The molecule has 0 aromatic heterocycles. The molecule has 3 rings (SSSR count). The minimum atomic E-state index is -3.67. The SMILES string of the molecule is CCN(CC)/C(=C\C=C1/CCCC(/C=C/C(c2ccc(C)cc2)=[N+](CC)CC)=C1Cl)c1ccc(C)cc1.FB(F)F.[F-]. The van der Waals surface area contributed by atoms with E-state index in [4.69, 9.17) is 11.6 Å². The monoisotopic (exact) mass is 602 g/mol. The Kier molecular flexibility index (Phi) is 16.9. The number of halogens is 5. The molecule has 0 amide bonds. The molecule has 0 atom stereocenters. The minimum Gasteiger partial charge on any atom is -1.00 e. The summed E-state index contributed by atoms with van der Waals surface area (Å²) in [5, 5.41) is 0.907. The van der Waals surface area contributed by atoms with Crippen LogP contribution in [-0.4, -0.2) is 48.9 Å². The highest BCUT2D eigenvalue weighted by Crippen LogP contribution is 2.34. The first kappa shape index (κ1) is 37.0. The van der Waals surface area contributed by atoms with Crippen molar-refractivity contribution in [2.45, 2.75) is 60.8 Å².